The van der Waals surface area contributed by atoms with Gasteiger partial charge in [-0.3, -0.25) is 24.6 Å². The van der Waals surface area contributed by atoms with Gasteiger partial charge in [-0.25, -0.2) is 0 Å². The molecule has 5 heteroatoms. The van der Waals surface area contributed by atoms with Crippen molar-refractivity contribution in [3.63, 3.8) is 0 Å². The van der Waals surface area contributed by atoms with E-state index in [1.54, 1.807) is 11.8 Å². The van der Waals surface area contributed by atoms with Gasteiger partial charge >= 0.3 is 0 Å². The van der Waals surface area contributed by atoms with E-state index >= 15 is 0 Å². The molecule has 0 aliphatic carbocycles. The number of Topliss-reactive ketones (excluding diaryl/α,β-unsaturated/α-hetero) is 1. The first-order valence-electron chi connectivity index (χ1n) is 4.08. The first kappa shape index (κ1) is 9.85. The first-order valence-corrected chi connectivity index (χ1v) is 4.08. The summed E-state index contributed by atoms with van der Waals surface area (Å²) in [7, 11) is 0. The number of imide groups is 1. The summed E-state index contributed by atoms with van der Waals surface area (Å²) in [6, 6.07) is -0.401. The number of carbonyl (C=O) groups excluding carboxylic acids is 3. The number of nitrogens with one attached hydrogen (secondary N) is 1. The van der Waals surface area contributed by atoms with Gasteiger partial charge < -0.3 is 0 Å². The smallest absolute Gasteiger partial charge is 0.243 e. The number of amides is 2. The van der Waals surface area contributed by atoms with Crippen molar-refractivity contribution in [1.82, 2.24) is 10.2 Å². The summed E-state index contributed by atoms with van der Waals surface area (Å²) in [5.74, 6) is -0.726. The normalized spacial score (nSPS) is 24.3. The minimum absolute atomic E-state index is 0.0469. The Kier molecular flexibility index (Phi) is 2.77. The standard InChI is InChI=1S/C8H12N2O3/c1-5(11)3-10-4-7(12)9-8(13)6(10)2/h6H,3-4H2,1-2H3,(H,9,12,13). The quantitative estimate of drug-likeness (QED) is 0.554. The average Bonchev–Trinajstić information content (AvgIpc) is 1.98. The molecule has 1 saturated heterocycles. The van der Waals surface area contributed by atoms with Gasteiger partial charge in [-0.1, -0.05) is 0 Å². The molecule has 1 atom stereocenters. The number of rotatable bonds is 2. The predicted octanol–water partition coefficient (Wildman–Crippen LogP) is -1.08. The van der Waals surface area contributed by atoms with Crippen LogP contribution in [0.25, 0.3) is 0 Å². The minimum atomic E-state index is -0.401. The van der Waals surface area contributed by atoms with Gasteiger partial charge in [0.25, 0.3) is 0 Å². The lowest BCUT2D eigenvalue weighted by molar-refractivity contribution is -0.140. The maximum atomic E-state index is 11.1. The summed E-state index contributed by atoms with van der Waals surface area (Å²) < 4.78 is 0. The lowest BCUT2D eigenvalue weighted by Gasteiger charge is -2.30. The number of hydrogen-bond acceptors (Lipinski definition) is 4. The molecule has 0 spiro atoms. The first-order chi connectivity index (χ1) is 6.00. The Morgan fingerprint density at radius 2 is 2.23 bits per heavy atom. The second-order valence-corrected chi connectivity index (χ2v) is 3.20. The van der Waals surface area contributed by atoms with E-state index in [4.69, 9.17) is 0 Å². The zero-order valence-electron chi connectivity index (χ0n) is 7.66. The van der Waals surface area contributed by atoms with Gasteiger partial charge in [0.2, 0.25) is 11.8 Å². The average molecular weight is 184 g/mol. The van der Waals surface area contributed by atoms with Crippen LogP contribution in [0.1, 0.15) is 13.8 Å². The molecule has 0 bridgehead atoms. The third-order valence-electron chi connectivity index (χ3n) is 1.96. The highest BCUT2D eigenvalue weighted by molar-refractivity contribution is 6.01. The Hall–Kier alpha value is -1.23. The molecule has 13 heavy (non-hydrogen) atoms. The molecule has 0 saturated carbocycles. The Labute approximate surface area is 76.1 Å². The molecule has 0 aromatic rings. The fourth-order valence-electron chi connectivity index (χ4n) is 1.25. The van der Waals surface area contributed by atoms with E-state index in [0.29, 0.717) is 0 Å². The molecule has 1 aliphatic rings. The SMILES string of the molecule is CC(=O)CN1CC(=O)NC(=O)C1C. The highest BCUT2D eigenvalue weighted by atomic mass is 16.2. The van der Waals surface area contributed by atoms with E-state index in [-0.39, 0.29) is 30.7 Å². The fourth-order valence-corrected chi connectivity index (χ4v) is 1.25. The maximum absolute atomic E-state index is 11.1. The van der Waals surface area contributed by atoms with Gasteiger partial charge in [0.15, 0.2) is 0 Å². The number of nitrogens with zero attached hydrogens (tertiary/aromatic N) is 1. The molecular formula is C8H12N2O3. The van der Waals surface area contributed by atoms with Crippen molar-refractivity contribution in [3.05, 3.63) is 0 Å². The van der Waals surface area contributed by atoms with E-state index in [1.165, 1.54) is 6.92 Å². The van der Waals surface area contributed by atoms with Crippen molar-refractivity contribution in [3.8, 4) is 0 Å². The lowest BCUT2D eigenvalue weighted by atomic mass is 10.2. The molecule has 0 radical (unpaired) electrons. The molecule has 5 nitrogen and oxygen atoms in total. The molecule has 1 fully saturated rings. The van der Waals surface area contributed by atoms with Crippen LogP contribution in [-0.4, -0.2) is 41.6 Å². The van der Waals surface area contributed by atoms with Gasteiger partial charge in [-0.15, -0.1) is 0 Å². The second kappa shape index (κ2) is 3.66. The molecule has 72 valence electrons. The van der Waals surface area contributed by atoms with Crippen molar-refractivity contribution < 1.29 is 14.4 Å². The maximum Gasteiger partial charge on any atom is 0.243 e. The van der Waals surface area contributed by atoms with Crippen LogP contribution in [0.3, 0.4) is 0 Å². The molecule has 0 aromatic heterocycles. The third-order valence-corrected chi connectivity index (χ3v) is 1.96. The summed E-state index contributed by atoms with van der Waals surface area (Å²) in [5.41, 5.74) is 0. The van der Waals surface area contributed by atoms with E-state index in [1.807, 2.05) is 0 Å². The van der Waals surface area contributed by atoms with Gasteiger partial charge in [0.1, 0.15) is 5.78 Å². The molecule has 1 heterocycles. The molecule has 1 unspecified atom stereocenters. The van der Waals surface area contributed by atoms with Crippen LogP contribution in [0.15, 0.2) is 0 Å². The van der Waals surface area contributed by atoms with E-state index in [2.05, 4.69) is 5.32 Å². The Morgan fingerprint density at radius 3 is 2.77 bits per heavy atom. The predicted molar refractivity (Wildman–Crippen MR) is 44.9 cm³/mol. The largest absolute Gasteiger partial charge is 0.299 e. The van der Waals surface area contributed by atoms with E-state index in [9.17, 15) is 14.4 Å². The number of carbonyl (C=O) groups is 3. The lowest BCUT2D eigenvalue weighted by Crippen LogP contribution is -2.57. The zero-order chi connectivity index (χ0) is 10.0. The Bertz CT molecular complexity index is 260. The summed E-state index contributed by atoms with van der Waals surface area (Å²) in [6.07, 6.45) is 0. The molecule has 0 aromatic carbocycles. The summed E-state index contributed by atoms with van der Waals surface area (Å²) in [6.45, 7) is 3.38. The van der Waals surface area contributed by atoms with Gasteiger partial charge in [0, 0.05) is 0 Å². The summed E-state index contributed by atoms with van der Waals surface area (Å²) >= 11 is 0. The van der Waals surface area contributed by atoms with Gasteiger partial charge in [-0.2, -0.15) is 0 Å². The van der Waals surface area contributed by atoms with Crippen LogP contribution in [0.4, 0.5) is 0 Å². The minimum Gasteiger partial charge on any atom is -0.299 e. The van der Waals surface area contributed by atoms with Crippen LogP contribution in [0.2, 0.25) is 0 Å². The summed E-state index contributed by atoms with van der Waals surface area (Å²) in [5, 5.41) is 2.20. The molecule has 1 aliphatic heterocycles. The highest BCUT2D eigenvalue weighted by Crippen LogP contribution is 2.03. The number of piperazine rings is 1. The fraction of sp³-hybridized carbons (Fsp3) is 0.625. The van der Waals surface area contributed by atoms with Crippen molar-refractivity contribution in [2.75, 3.05) is 13.1 Å². The van der Waals surface area contributed by atoms with Crippen LogP contribution in [-0.2, 0) is 14.4 Å². The van der Waals surface area contributed by atoms with Crippen LogP contribution in [0.5, 0.6) is 0 Å². The van der Waals surface area contributed by atoms with Crippen molar-refractivity contribution >= 4 is 17.6 Å². The van der Waals surface area contributed by atoms with E-state index in [0.717, 1.165) is 0 Å². The number of hydrogen-bond donors (Lipinski definition) is 1. The Morgan fingerprint density at radius 1 is 1.62 bits per heavy atom. The highest BCUT2D eigenvalue weighted by Gasteiger charge is 2.30. The third kappa shape index (κ3) is 2.35. The molecular weight excluding hydrogens is 172 g/mol. The topological polar surface area (TPSA) is 66.5 Å². The monoisotopic (exact) mass is 184 g/mol. The molecule has 1 rings (SSSR count). The van der Waals surface area contributed by atoms with Crippen molar-refractivity contribution in [1.29, 1.82) is 0 Å². The van der Waals surface area contributed by atoms with Crippen LogP contribution < -0.4 is 5.32 Å². The van der Waals surface area contributed by atoms with Gasteiger partial charge in [0.05, 0.1) is 19.1 Å². The summed E-state index contributed by atoms with van der Waals surface area (Å²) in [4.78, 5) is 34.4. The van der Waals surface area contributed by atoms with Crippen molar-refractivity contribution in [2.24, 2.45) is 0 Å². The van der Waals surface area contributed by atoms with Crippen molar-refractivity contribution in [2.45, 2.75) is 19.9 Å². The number of ketones is 1. The van der Waals surface area contributed by atoms with Gasteiger partial charge in [-0.05, 0) is 13.8 Å². The zero-order valence-corrected chi connectivity index (χ0v) is 7.66. The molecule has 1 N–H and O–H groups in total. The van der Waals surface area contributed by atoms with E-state index < -0.39 is 6.04 Å². The second-order valence-electron chi connectivity index (χ2n) is 3.20. The Balaban J connectivity index is 2.66. The van der Waals surface area contributed by atoms with Crippen LogP contribution >= 0.6 is 0 Å². The van der Waals surface area contributed by atoms with Crippen LogP contribution in [0, 0.1) is 0 Å². The molecule has 2 amide bonds.